The maximum absolute atomic E-state index is 6.14. The zero-order valence-electron chi connectivity index (χ0n) is 10.3. The van der Waals surface area contributed by atoms with Gasteiger partial charge in [-0.1, -0.05) is 35.3 Å². The van der Waals surface area contributed by atoms with Gasteiger partial charge in [-0.15, -0.1) is 31.4 Å². The second kappa shape index (κ2) is 9.01. The zero-order chi connectivity index (χ0) is 12.3. The first-order chi connectivity index (χ1) is 8.22. The normalized spacial score (nSPS) is 16.9. The highest BCUT2D eigenvalue weighted by Crippen LogP contribution is 2.28. The molecule has 3 nitrogen and oxygen atoms in total. The van der Waals surface area contributed by atoms with Crippen molar-refractivity contribution in [2.24, 2.45) is 0 Å². The summed E-state index contributed by atoms with van der Waals surface area (Å²) in [5, 5.41) is 4.20. The minimum atomic E-state index is 0. The van der Waals surface area contributed by atoms with Gasteiger partial charge < -0.3 is 5.32 Å². The first kappa shape index (κ1) is 19.0. The quantitative estimate of drug-likeness (QED) is 0.673. The van der Waals surface area contributed by atoms with E-state index in [4.69, 9.17) is 23.2 Å². The van der Waals surface area contributed by atoms with E-state index in [1.165, 1.54) is 0 Å². The van der Waals surface area contributed by atoms with Gasteiger partial charge in [0.1, 0.15) is 10.3 Å². The number of hydrogen-bond acceptors (Lipinski definition) is 3. The summed E-state index contributed by atoms with van der Waals surface area (Å²) in [7, 11) is 0. The molecule has 0 amide bonds. The number of hydrogen-bond donors (Lipinski definition) is 1. The summed E-state index contributed by atoms with van der Waals surface area (Å²) in [4.78, 5) is 6.41. The Morgan fingerprint density at radius 2 is 1.89 bits per heavy atom. The van der Waals surface area contributed by atoms with Crippen LogP contribution in [0.4, 0.5) is 0 Å². The molecule has 1 N–H and O–H groups in total. The molecule has 2 rings (SSSR count). The van der Waals surface area contributed by atoms with E-state index in [0.717, 1.165) is 31.7 Å². The number of rotatable bonds is 3. The van der Waals surface area contributed by atoms with E-state index >= 15 is 0 Å². The molecule has 7 heteroatoms. The number of pyridine rings is 1. The smallest absolute Gasteiger partial charge is 0.135 e. The molecule has 0 aliphatic carbocycles. The minimum absolute atomic E-state index is 0. The molecule has 0 aromatic carbocycles. The second-order valence-electron chi connectivity index (χ2n) is 3.98. The predicted molar refractivity (Wildman–Crippen MR) is 86.1 cm³/mol. The van der Waals surface area contributed by atoms with Crippen molar-refractivity contribution in [1.82, 2.24) is 15.2 Å². The highest BCUT2D eigenvalue weighted by atomic mass is 35.5. The van der Waals surface area contributed by atoms with E-state index in [9.17, 15) is 0 Å². The highest BCUT2D eigenvalue weighted by Gasteiger charge is 2.21. The van der Waals surface area contributed by atoms with E-state index in [-0.39, 0.29) is 30.9 Å². The minimum Gasteiger partial charge on any atom is -0.314 e. The summed E-state index contributed by atoms with van der Waals surface area (Å²) in [5.41, 5.74) is 0.966. The molecule has 1 aromatic heterocycles. The van der Waals surface area contributed by atoms with Crippen molar-refractivity contribution in [2.75, 3.05) is 26.2 Å². The van der Waals surface area contributed by atoms with Gasteiger partial charge in [0.05, 0.1) is 6.04 Å². The van der Waals surface area contributed by atoms with Crippen molar-refractivity contribution in [1.29, 1.82) is 0 Å². The van der Waals surface area contributed by atoms with Crippen molar-refractivity contribution < 1.29 is 0 Å². The Bertz CT molecular complexity index is 408. The van der Waals surface area contributed by atoms with Crippen LogP contribution in [0.3, 0.4) is 0 Å². The van der Waals surface area contributed by atoms with E-state index in [1.54, 1.807) is 6.07 Å². The summed E-state index contributed by atoms with van der Waals surface area (Å²) in [6.07, 6.45) is 1.90. The lowest BCUT2D eigenvalue weighted by Gasteiger charge is -2.33. The Kier molecular flexibility index (Phi) is 8.99. The molecule has 0 unspecified atom stereocenters. The van der Waals surface area contributed by atoms with Gasteiger partial charge in [-0.05, 0) is 6.07 Å². The van der Waals surface area contributed by atoms with Crippen LogP contribution in [0.25, 0.3) is 0 Å². The summed E-state index contributed by atoms with van der Waals surface area (Å²) < 4.78 is 0. The van der Waals surface area contributed by atoms with Gasteiger partial charge in [0.25, 0.3) is 0 Å². The first-order valence-corrected chi connectivity index (χ1v) is 6.37. The van der Waals surface area contributed by atoms with Gasteiger partial charge in [0.15, 0.2) is 0 Å². The van der Waals surface area contributed by atoms with E-state index < -0.39 is 0 Å². The molecule has 1 aromatic rings. The molecule has 1 atom stereocenters. The van der Waals surface area contributed by atoms with Crippen molar-refractivity contribution in [3.63, 3.8) is 0 Å². The molecule has 0 bridgehead atoms. The van der Waals surface area contributed by atoms with Crippen LogP contribution in [0, 0.1) is 0 Å². The van der Waals surface area contributed by atoms with E-state index in [0.29, 0.717) is 10.3 Å². The number of halogens is 4. The molecule has 1 aliphatic rings. The molecule has 0 spiro atoms. The standard InChI is InChI=1S/C12H15Cl2N3.2ClH/c1-2-10(17-7-5-15-6-8-17)9-3-4-11(13)16-12(9)14;;/h2-4,10,15H,1,5-8H2;2*1H/t10-;;/m1../s1. The highest BCUT2D eigenvalue weighted by molar-refractivity contribution is 6.32. The Hall–Kier alpha value is -0.0300. The van der Waals surface area contributed by atoms with Crippen LogP contribution in [-0.4, -0.2) is 36.1 Å². The van der Waals surface area contributed by atoms with Gasteiger partial charge in [0.2, 0.25) is 0 Å². The molecule has 1 saturated heterocycles. The topological polar surface area (TPSA) is 28.2 Å². The molecule has 0 radical (unpaired) electrons. The van der Waals surface area contributed by atoms with Crippen molar-refractivity contribution in [2.45, 2.75) is 6.04 Å². The maximum Gasteiger partial charge on any atom is 0.135 e. The van der Waals surface area contributed by atoms with Crippen molar-refractivity contribution in [3.8, 4) is 0 Å². The third kappa shape index (κ3) is 4.78. The third-order valence-corrected chi connectivity index (χ3v) is 3.44. The van der Waals surface area contributed by atoms with Crippen LogP contribution >= 0.6 is 48.0 Å². The van der Waals surface area contributed by atoms with Gasteiger partial charge in [-0.2, -0.15) is 0 Å². The van der Waals surface area contributed by atoms with Crippen LogP contribution in [-0.2, 0) is 0 Å². The lowest BCUT2D eigenvalue weighted by atomic mass is 10.1. The number of aromatic nitrogens is 1. The first-order valence-electron chi connectivity index (χ1n) is 5.61. The Morgan fingerprint density at radius 1 is 1.26 bits per heavy atom. The molecule has 19 heavy (non-hydrogen) atoms. The second-order valence-corrected chi connectivity index (χ2v) is 4.73. The van der Waals surface area contributed by atoms with Crippen molar-refractivity contribution >= 4 is 48.0 Å². The van der Waals surface area contributed by atoms with Gasteiger partial charge in [-0.25, -0.2) is 4.98 Å². The Morgan fingerprint density at radius 3 is 2.42 bits per heavy atom. The van der Waals surface area contributed by atoms with Crippen LogP contribution in [0.1, 0.15) is 11.6 Å². The Balaban J connectivity index is 0.00000162. The largest absolute Gasteiger partial charge is 0.314 e. The molecular weight excluding hydrogens is 328 g/mol. The van der Waals surface area contributed by atoms with Crippen LogP contribution < -0.4 is 5.32 Å². The zero-order valence-corrected chi connectivity index (χ0v) is 13.5. The summed E-state index contributed by atoms with van der Waals surface area (Å²) in [6, 6.07) is 3.79. The number of nitrogens with zero attached hydrogens (tertiary/aromatic N) is 2. The average Bonchev–Trinajstić information content (AvgIpc) is 2.34. The van der Waals surface area contributed by atoms with Crippen LogP contribution in [0.5, 0.6) is 0 Å². The Labute approximate surface area is 136 Å². The van der Waals surface area contributed by atoms with Crippen molar-refractivity contribution in [3.05, 3.63) is 40.7 Å². The summed E-state index contributed by atoms with van der Waals surface area (Å²) in [6.45, 7) is 7.84. The fourth-order valence-electron chi connectivity index (χ4n) is 2.08. The molecule has 1 aliphatic heterocycles. The maximum atomic E-state index is 6.14. The fourth-order valence-corrected chi connectivity index (χ4v) is 2.53. The summed E-state index contributed by atoms with van der Waals surface area (Å²) >= 11 is 11.9. The van der Waals surface area contributed by atoms with E-state index in [2.05, 4.69) is 21.8 Å². The van der Waals surface area contributed by atoms with Crippen LogP contribution in [0.15, 0.2) is 24.8 Å². The lowest BCUT2D eigenvalue weighted by Crippen LogP contribution is -2.44. The number of piperazine rings is 1. The van der Waals surface area contributed by atoms with Gasteiger partial charge >= 0.3 is 0 Å². The van der Waals surface area contributed by atoms with Gasteiger partial charge in [0, 0.05) is 31.7 Å². The number of nitrogens with one attached hydrogen (secondary N) is 1. The molecular formula is C12H17Cl4N3. The monoisotopic (exact) mass is 343 g/mol. The van der Waals surface area contributed by atoms with E-state index in [1.807, 2.05) is 12.1 Å². The summed E-state index contributed by atoms with van der Waals surface area (Å²) in [5.74, 6) is 0. The van der Waals surface area contributed by atoms with Gasteiger partial charge in [-0.3, -0.25) is 4.90 Å². The molecule has 0 saturated carbocycles. The van der Waals surface area contributed by atoms with Crippen LogP contribution in [0.2, 0.25) is 10.3 Å². The fraction of sp³-hybridized carbons (Fsp3) is 0.417. The average molecular weight is 345 g/mol. The molecule has 2 heterocycles. The SMILES string of the molecule is C=C[C@H](c1ccc(Cl)nc1Cl)N1CCNCC1.Cl.Cl. The predicted octanol–water partition coefficient (Wildman–Crippen LogP) is 3.36. The third-order valence-electron chi connectivity index (χ3n) is 2.93. The lowest BCUT2D eigenvalue weighted by molar-refractivity contribution is 0.203. The molecule has 1 fully saturated rings. The molecule has 108 valence electrons.